The van der Waals surface area contributed by atoms with E-state index in [9.17, 15) is 9.59 Å². The lowest BCUT2D eigenvalue weighted by Gasteiger charge is -2.29. The van der Waals surface area contributed by atoms with E-state index in [0.29, 0.717) is 11.4 Å². The Morgan fingerprint density at radius 2 is 1.91 bits per heavy atom. The molecular formula is C24H24N6O2. The maximum absolute atomic E-state index is 13.0. The van der Waals surface area contributed by atoms with Crippen LogP contribution in [0.25, 0.3) is 16.9 Å². The van der Waals surface area contributed by atoms with Crippen LogP contribution in [0.2, 0.25) is 0 Å². The van der Waals surface area contributed by atoms with Crippen molar-refractivity contribution in [3.8, 4) is 11.3 Å². The molecule has 32 heavy (non-hydrogen) atoms. The van der Waals surface area contributed by atoms with E-state index in [1.54, 1.807) is 29.2 Å². The fraction of sp³-hybridized carbons (Fsp3) is 0.292. The molecule has 0 bridgehead atoms. The Morgan fingerprint density at radius 3 is 2.69 bits per heavy atom. The highest BCUT2D eigenvalue weighted by molar-refractivity contribution is 5.94. The van der Waals surface area contributed by atoms with E-state index < -0.39 is 0 Å². The van der Waals surface area contributed by atoms with Crippen molar-refractivity contribution >= 4 is 11.6 Å². The predicted octanol–water partition coefficient (Wildman–Crippen LogP) is 3.18. The molecule has 4 aromatic rings. The first-order chi connectivity index (χ1) is 15.6. The molecule has 162 valence electrons. The van der Waals surface area contributed by atoms with Crippen LogP contribution in [0.3, 0.4) is 0 Å². The lowest BCUT2D eigenvalue weighted by molar-refractivity contribution is 0.0914. The van der Waals surface area contributed by atoms with E-state index in [1.807, 2.05) is 47.9 Å². The summed E-state index contributed by atoms with van der Waals surface area (Å²) in [7, 11) is 0. The first-order valence-electron chi connectivity index (χ1n) is 10.8. The number of aromatic nitrogens is 5. The third-order valence-electron chi connectivity index (χ3n) is 6.08. The second-order valence-electron chi connectivity index (χ2n) is 8.20. The third kappa shape index (κ3) is 3.79. The first kappa shape index (κ1) is 20.1. The summed E-state index contributed by atoms with van der Waals surface area (Å²) in [6.45, 7) is 1.85. The number of hydrogen-bond donors (Lipinski definition) is 1. The fourth-order valence-corrected chi connectivity index (χ4v) is 4.46. The smallest absolute Gasteiger partial charge is 0.270 e. The molecule has 4 aromatic heterocycles. The average Bonchev–Trinajstić information content (AvgIpc) is 3.16. The summed E-state index contributed by atoms with van der Waals surface area (Å²) in [6, 6.07) is 12.8. The molecule has 0 spiro atoms. The molecule has 0 aromatic carbocycles. The third-order valence-corrected chi connectivity index (χ3v) is 6.08. The second-order valence-corrected chi connectivity index (χ2v) is 8.20. The molecule has 1 aliphatic carbocycles. The minimum absolute atomic E-state index is 0.0183. The van der Waals surface area contributed by atoms with E-state index in [0.717, 1.165) is 42.6 Å². The van der Waals surface area contributed by atoms with Crippen LogP contribution < -0.4 is 10.9 Å². The van der Waals surface area contributed by atoms with E-state index in [1.165, 1.54) is 0 Å². The van der Waals surface area contributed by atoms with E-state index >= 15 is 0 Å². The first-order valence-corrected chi connectivity index (χ1v) is 10.8. The number of imidazole rings is 1. The molecule has 1 aliphatic rings. The van der Waals surface area contributed by atoms with Gasteiger partial charge in [-0.05, 0) is 62.9 Å². The van der Waals surface area contributed by atoms with Gasteiger partial charge in [0.15, 0.2) is 0 Å². The lowest BCUT2D eigenvalue weighted by atomic mass is 9.91. The maximum Gasteiger partial charge on any atom is 0.270 e. The molecule has 5 rings (SSSR count). The van der Waals surface area contributed by atoms with Gasteiger partial charge in [0.05, 0.1) is 17.4 Å². The summed E-state index contributed by atoms with van der Waals surface area (Å²) < 4.78 is 3.42. The van der Waals surface area contributed by atoms with Crippen molar-refractivity contribution in [2.45, 2.75) is 44.7 Å². The Kier molecular flexibility index (Phi) is 5.26. The molecule has 1 N–H and O–H groups in total. The van der Waals surface area contributed by atoms with Gasteiger partial charge in [-0.3, -0.25) is 19.0 Å². The average molecular weight is 428 g/mol. The summed E-state index contributed by atoms with van der Waals surface area (Å²) in [5.74, 6) is -0.112. The van der Waals surface area contributed by atoms with Crippen LogP contribution in [0.5, 0.6) is 0 Å². The van der Waals surface area contributed by atoms with Crippen molar-refractivity contribution in [1.29, 1.82) is 0 Å². The quantitative estimate of drug-likeness (QED) is 0.539. The molecule has 4 heterocycles. The Labute approximate surface area is 185 Å². The van der Waals surface area contributed by atoms with Crippen molar-refractivity contribution in [1.82, 2.24) is 29.5 Å². The van der Waals surface area contributed by atoms with Crippen molar-refractivity contribution in [2.24, 2.45) is 0 Å². The molecule has 0 atom stereocenters. The molecule has 0 radical (unpaired) electrons. The number of carbonyl (C=O) groups excluding carboxylic acids is 1. The highest BCUT2D eigenvalue weighted by Crippen LogP contribution is 2.28. The molecular weight excluding hydrogens is 404 g/mol. The molecule has 1 saturated carbocycles. The molecule has 1 fully saturated rings. The Balaban J connectivity index is 1.28. The van der Waals surface area contributed by atoms with Crippen molar-refractivity contribution in [3.63, 3.8) is 0 Å². The standard InChI is InChI=1S/C24H24N6O2/c1-16-23(29-14-3-2-6-21(29)26-16)24(32)27-18-7-9-19(10-8-18)30-22(31)12-11-20(28-30)17-5-4-13-25-15-17/h2-6,11-15,18-19H,7-10H2,1H3,(H,27,32). The number of rotatable bonds is 4. The minimum atomic E-state index is -0.112. The van der Waals surface area contributed by atoms with Crippen LogP contribution in [0.4, 0.5) is 0 Å². The molecule has 8 heteroatoms. The van der Waals surface area contributed by atoms with Gasteiger partial charge >= 0.3 is 0 Å². The van der Waals surface area contributed by atoms with E-state index in [-0.39, 0.29) is 23.6 Å². The molecule has 0 saturated heterocycles. The molecule has 0 unspecified atom stereocenters. The van der Waals surface area contributed by atoms with Crippen LogP contribution in [-0.4, -0.2) is 36.1 Å². The summed E-state index contributed by atoms with van der Waals surface area (Å²) in [6.07, 6.45) is 8.44. The number of hydrogen-bond acceptors (Lipinski definition) is 5. The van der Waals surface area contributed by atoms with E-state index in [4.69, 9.17) is 0 Å². The summed E-state index contributed by atoms with van der Waals surface area (Å²) in [5, 5.41) is 7.77. The largest absolute Gasteiger partial charge is 0.348 e. The summed E-state index contributed by atoms with van der Waals surface area (Å²) >= 11 is 0. The number of aryl methyl sites for hydroxylation is 1. The fourth-order valence-electron chi connectivity index (χ4n) is 4.46. The van der Waals surface area contributed by atoms with Gasteiger partial charge in [-0.1, -0.05) is 6.07 Å². The minimum Gasteiger partial charge on any atom is -0.348 e. The van der Waals surface area contributed by atoms with Gasteiger partial charge in [-0.2, -0.15) is 5.10 Å². The number of amides is 1. The highest BCUT2D eigenvalue weighted by atomic mass is 16.2. The lowest BCUT2D eigenvalue weighted by Crippen LogP contribution is -2.40. The molecule has 8 nitrogen and oxygen atoms in total. The van der Waals surface area contributed by atoms with E-state index in [2.05, 4.69) is 20.4 Å². The van der Waals surface area contributed by atoms with Crippen molar-refractivity contribution in [3.05, 3.63) is 82.8 Å². The number of pyridine rings is 2. The van der Waals surface area contributed by atoms with Crippen molar-refractivity contribution in [2.75, 3.05) is 0 Å². The maximum atomic E-state index is 13.0. The zero-order valence-electron chi connectivity index (χ0n) is 17.8. The van der Waals surface area contributed by atoms with Crippen LogP contribution in [0, 0.1) is 6.92 Å². The van der Waals surface area contributed by atoms with Gasteiger partial charge in [-0.15, -0.1) is 0 Å². The van der Waals surface area contributed by atoms with Gasteiger partial charge in [0.2, 0.25) is 0 Å². The molecule has 1 amide bonds. The van der Waals surface area contributed by atoms with Gasteiger partial charge in [0.1, 0.15) is 11.3 Å². The van der Waals surface area contributed by atoms with Gasteiger partial charge in [0, 0.05) is 36.3 Å². The van der Waals surface area contributed by atoms with Crippen LogP contribution in [0.15, 0.2) is 65.8 Å². The number of carbonyl (C=O) groups is 1. The Bertz CT molecular complexity index is 1320. The second kappa shape index (κ2) is 8.37. The zero-order chi connectivity index (χ0) is 22.1. The number of fused-ring (bicyclic) bond motifs is 1. The van der Waals surface area contributed by atoms with Crippen LogP contribution >= 0.6 is 0 Å². The number of nitrogens with one attached hydrogen (secondary N) is 1. The van der Waals surface area contributed by atoms with Crippen LogP contribution in [-0.2, 0) is 0 Å². The summed E-state index contributed by atoms with van der Waals surface area (Å²) in [5.41, 5.74) is 3.56. The molecule has 0 aliphatic heterocycles. The predicted molar refractivity (Wildman–Crippen MR) is 120 cm³/mol. The Hall–Kier alpha value is -3.81. The Morgan fingerprint density at radius 1 is 1.06 bits per heavy atom. The monoisotopic (exact) mass is 428 g/mol. The SMILES string of the molecule is Cc1nc2ccccn2c1C(=O)NC1CCC(n2nc(-c3cccnc3)ccc2=O)CC1. The van der Waals surface area contributed by atoms with Gasteiger partial charge in [0.25, 0.3) is 11.5 Å². The topological polar surface area (TPSA) is 94.2 Å². The normalized spacial score (nSPS) is 18.5. The van der Waals surface area contributed by atoms with Crippen LogP contribution in [0.1, 0.15) is 47.9 Å². The van der Waals surface area contributed by atoms with Crippen molar-refractivity contribution < 1.29 is 4.79 Å². The van der Waals surface area contributed by atoms with Gasteiger partial charge in [-0.25, -0.2) is 9.67 Å². The zero-order valence-corrected chi connectivity index (χ0v) is 17.8. The highest BCUT2D eigenvalue weighted by Gasteiger charge is 2.26. The van der Waals surface area contributed by atoms with Gasteiger partial charge < -0.3 is 5.32 Å². The number of nitrogens with zero attached hydrogens (tertiary/aromatic N) is 5. The summed E-state index contributed by atoms with van der Waals surface area (Å²) in [4.78, 5) is 34.1.